The fraction of sp³-hybridized carbons (Fsp3) is 0.280. The standard InChI is InChI=1S/C25H27BrO3/c1-3-27-24-15-14-22(16-23(24)26)17-25(2,28-18-20-10-6-4-7-11-20)29-19-21-12-8-5-9-13-21/h4-16H,3,17-19H2,1-2H3. The van der Waals surface area contributed by atoms with Gasteiger partial charge in [-0.25, -0.2) is 0 Å². The summed E-state index contributed by atoms with van der Waals surface area (Å²) < 4.78 is 19.1. The summed E-state index contributed by atoms with van der Waals surface area (Å²) in [6.07, 6.45) is 0.623. The molecule has 0 atom stereocenters. The van der Waals surface area contributed by atoms with Gasteiger partial charge in [0.25, 0.3) is 0 Å². The van der Waals surface area contributed by atoms with Gasteiger partial charge >= 0.3 is 0 Å². The van der Waals surface area contributed by atoms with Crippen LogP contribution in [-0.4, -0.2) is 12.4 Å². The Morgan fingerprint density at radius 2 is 1.31 bits per heavy atom. The van der Waals surface area contributed by atoms with E-state index in [-0.39, 0.29) is 0 Å². The van der Waals surface area contributed by atoms with E-state index < -0.39 is 5.79 Å². The molecule has 3 rings (SSSR count). The van der Waals surface area contributed by atoms with Crippen LogP contribution in [0.25, 0.3) is 0 Å². The highest BCUT2D eigenvalue weighted by atomic mass is 79.9. The highest BCUT2D eigenvalue weighted by Gasteiger charge is 2.27. The zero-order valence-electron chi connectivity index (χ0n) is 16.9. The molecule has 0 amide bonds. The molecule has 0 radical (unpaired) electrons. The van der Waals surface area contributed by atoms with Crippen molar-refractivity contribution in [3.05, 3.63) is 100 Å². The van der Waals surface area contributed by atoms with Gasteiger partial charge in [0.15, 0.2) is 5.79 Å². The Balaban J connectivity index is 1.74. The molecule has 0 unspecified atom stereocenters. The van der Waals surface area contributed by atoms with Crippen LogP contribution in [0.1, 0.15) is 30.5 Å². The van der Waals surface area contributed by atoms with Crippen LogP contribution >= 0.6 is 15.9 Å². The third kappa shape index (κ3) is 6.70. The Morgan fingerprint density at radius 3 is 1.79 bits per heavy atom. The first kappa shape index (κ1) is 21.6. The number of rotatable bonds is 10. The van der Waals surface area contributed by atoms with Crippen LogP contribution < -0.4 is 4.74 Å². The van der Waals surface area contributed by atoms with Crippen LogP contribution in [0.4, 0.5) is 0 Å². The summed E-state index contributed by atoms with van der Waals surface area (Å²) in [5.41, 5.74) is 3.36. The Hall–Kier alpha value is -2.14. The summed E-state index contributed by atoms with van der Waals surface area (Å²) >= 11 is 3.60. The monoisotopic (exact) mass is 454 g/mol. The maximum atomic E-state index is 6.29. The second-order valence-electron chi connectivity index (χ2n) is 7.06. The molecule has 3 nitrogen and oxygen atoms in total. The lowest BCUT2D eigenvalue weighted by molar-refractivity contribution is -0.237. The average molecular weight is 455 g/mol. The van der Waals surface area contributed by atoms with Gasteiger partial charge in [-0.15, -0.1) is 0 Å². The molecule has 0 spiro atoms. The number of benzene rings is 3. The molecule has 0 saturated carbocycles. The van der Waals surface area contributed by atoms with Gasteiger partial charge in [-0.05, 0) is 58.6 Å². The summed E-state index contributed by atoms with van der Waals surface area (Å²) in [5.74, 6) is 0.0755. The lowest BCUT2D eigenvalue weighted by atomic mass is 10.1. The van der Waals surface area contributed by atoms with Crippen LogP contribution in [0.2, 0.25) is 0 Å². The lowest BCUT2D eigenvalue weighted by Gasteiger charge is -2.31. The molecule has 4 heteroatoms. The average Bonchev–Trinajstić information content (AvgIpc) is 2.75. The molecule has 0 aliphatic rings. The highest BCUT2D eigenvalue weighted by molar-refractivity contribution is 9.10. The molecule has 3 aromatic carbocycles. The quantitative estimate of drug-likeness (QED) is 0.325. The maximum Gasteiger partial charge on any atom is 0.170 e. The minimum atomic E-state index is -0.766. The van der Waals surface area contributed by atoms with Crippen molar-refractivity contribution in [1.29, 1.82) is 0 Å². The van der Waals surface area contributed by atoms with Crippen LogP contribution in [0, 0.1) is 0 Å². The first-order valence-corrected chi connectivity index (χ1v) is 10.6. The molecular weight excluding hydrogens is 428 g/mol. The third-order valence-electron chi connectivity index (χ3n) is 4.60. The highest BCUT2D eigenvalue weighted by Crippen LogP contribution is 2.29. The molecule has 0 fully saturated rings. The van der Waals surface area contributed by atoms with E-state index in [4.69, 9.17) is 14.2 Å². The van der Waals surface area contributed by atoms with E-state index in [0.717, 1.165) is 26.9 Å². The Kier molecular flexibility index (Phi) is 7.87. The van der Waals surface area contributed by atoms with Crippen LogP contribution in [0.5, 0.6) is 5.75 Å². The predicted molar refractivity (Wildman–Crippen MR) is 120 cm³/mol. The van der Waals surface area contributed by atoms with Gasteiger partial charge in [-0.1, -0.05) is 66.7 Å². The summed E-state index contributed by atoms with van der Waals surface area (Å²) in [5, 5.41) is 0. The fourth-order valence-corrected chi connectivity index (χ4v) is 3.60. The zero-order chi connectivity index (χ0) is 20.5. The van der Waals surface area contributed by atoms with E-state index in [2.05, 4.69) is 52.3 Å². The summed E-state index contributed by atoms with van der Waals surface area (Å²) in [6, 6.07) is 26.4. The van der Waals surface area contributed by atoms with E-state index in [9.17, 15) is 0 Å². The van der Waals surface area contributed by atoms with Gasteiger partial charge < -0.3 is 14.2 Å². The molecule has 152 valence electrons. The van der Waals surface area contributed by atoms with E-state index in [1.807, 2.05) is 56.3 Å². The summed E-state index contributed by atoms with van der Waals surface area (Å²) in [6.45, 7) is 5.60. The second-order valence-corrected chi connectivity index (χ2v) is 7.91. The van der Waals surface area contributed by atoms with E-state index >= 15 is 0 Å². The second kappa shape index (κ2) is 10.6. The predicted octanol–water partition coefficient (Wildman–Crippen LogP) is 6.54. The molecule has 0 N–H and O–H groups in total. The third-order valence-corrected chi connectivity index (χ3v) is 5.22. The lowest BCUT2D eigenvalue weighted by Crippen LogP contribution is -2.34. The van der Waals surface area contributed by atoms with E-state index in [1.54, 1.807) is 0 Å². The normalized spacial score (nSPS) is 11.4. The SMILES string of the molecule is CCOc1ccc(CC(C)(OCc2ccccc2)OCc2ccccc2)cc1Br. The largest absolute Gasteiger partial charge is 0.493 e. The minimum absolute atomic E-state index is 0.490. The number of ether oxygens (including phenoxy) is 3. The first-order chi connectivity index (χ1) is 14.1. The summed E-state index contributed by atoms with van der Waals surface area (Å²) in [7, 11) is 0. The Morgan fingerprint density at radius 1 is 0.759 bits per heavy atom. The molecular formula is C25H27BrO3. The fourth-order valence-electron chi connectivity index (χ4n) is 3.06. The van der Waals surface area contributed by atoms with Crippen molar-refractivity contribution in [1.82, 2.24) is 0 Å². The van der Waals surface area contributed by atoms with Crippen molar-refractivity contribution in [3.63, 3.8) is 0 Å². The van der Waals surface area contributed by atoms with Crippen LogP contribution in [0.15, 0.2) is 83.3 Å². The minimum Gasteiger partial charge on any atom is -0.493 e. The molecule has 0 saturated heterocycles. The van der Waals surface area contributed by atoms with Crippen LogP contribution in [0.3, 0.4) is 0 Å². The van der Waals surface area contributed by atoms with E-state index in [0.29, 0.717) is 26.2 Å². The van der Waals surface area contributed by atoms with Gasteiger partial charge in [-0.2, -0.15) is 0 Å². The zero-order valence-corrected chi connectivity index (χ0v) is 18.5. The van der Waals surface area contributed by atoms with Gasteiger partial charge in [0.1, 0.15) is 5.75 Å². The Labute approximate surface area is 181 Å². The molecule has 0 aliphatic carbocycles. The van der Waals surface area contributed by atoms with Crippen molar-refractivity contribution in [2.24, 2.45) is 0 Å². The number of halogens is 1. The molecule has 3 aromatic rings. The van der Waals surface area contributed by atoms with Crippen molar-refractivity contribution in [3.8, 4) is 5.75 Å². The van der Waals surface area contributed by atoms with Gasteiger partial charge in [-0.3, -0.25) is 0 Å². The van der Waals surface area contributed by atoms with Crippen molar-refractivity contribution in [2.45, 2.75) is 39.3 Å². The van der Waals surface area contributed by atoms with Crippen molar-refractivity contribution in [2.75, 3.05) is 6.61 Å². The van der Waals surface area contributed by atoms with Crippen molar-refractivity contribution >= 4 is 15.9 Å². The van der Waals surface area contributed by atoms with Gasteiger partial charge in [0, 0.05) is 6.42 Å². The molecule has 29 heavy (non-hydrogen) atoms. The smallest absolute Gasteiger partial charge is 0.170 e. The topological polar surface area (TPSA) is 27.7 Å². The van der Waals surface area contributed by atoms with Crippen LogP contribution in [-0.2, 0) is 29.1 Å². The molecule has 0 bridgehead atoms. The van der Waals surface area contributed by atoms with E-state index in [1.165, 1.54) is 0 Å². The first-order valence-electron chi connectivity index (χ1n) is 9.85. The summed E-state index contributed by atoms with van der Waals surface area (Å²) in [4.78, 5) is 0. The molecule has 0 aliphatic heterocycles. The Bertz CT molecular complexity index is 838. The molecule has 0 heterocycles. The number of hydrogen-bond acceptors (Lipinski definition) is 3. The van der Waals surface area contributed by atoms with Gasteiger partial charge in [0.05, 0.1) is 24.3 Å². The maximum absolute atomic E-state index is 6.29. The molecule has 0 aromatic heterocycles. The number of hydrogen-bond donors (Lipinski definition) is 0. The van der Waals surface area contributed by atoms with Gasteiger partial charge in [0.2, 0.25) is 0 Å². The van der Waals surface area contributed by atoms with Crippen molar-refractivity contribution < 1.29 is 14.2 Å².